The summed E-state index contributed by atoms with van der Waals surface area (Å²) in [5, 5.41) is 10.3. The highest BCUT2D eigenvalue weighted by atomic mass is 127. The molecule has 1 heterocycles. The summed E-state index contributed by atoms with van der Waals surface area (Å²) in [4.78, 5) is 49.3. The molecule has 0 spiro atoms. The Morgan fingerprint density at radius 1 is 1.13 bits per heavy atom. The molecule has 0 saturated carbocycles. The maximum Gasteiger partial charge on any atom is 0.416 e. The van der Waals surface area contributed by atoms with Gasteiger partial charge in [0.15, 0.2) is 18.1 Å². The molecule has 2 aromatic rings. The summed E-state index contributed by atoms with van der Waals surface area (Å²) < 4.78 is 55.1. The zero-order valence-electron chi connectivity index (χ0n) is 19.6. The van der Waals surface area contributed by atoms with E-state index in [2.05, 4.69) is 5.32 Å². The van der Waals surface area contributed by atoms with Crippen LogP contribution < -0.4 is 19.5 Å². The van der Waals surface area contributed by atoms with Crippen molar-refractivity contribution in [3.63, 3.8) is 0 Å². The third-order valence-electron chi connectivity index (χ3n) is 4.87. The van der Waals surface area contributed by atoms with Crippen LogP contribution in [0.2, 0.25) is 0 Å². The number of hydrogen-bond acceptors (Lipinski definition) is 8. The summed E-state index contributed by atoms with van der Waals surface area (Å²) in [5.41, 5.74) is -0.869. The van der Waals surface area contributed by atoms with Gasteiger partial charge < -0.3 is 24.6 Å². The van der Waals surface area contributed by atoms with Crippen molar-refractivity contribution in [3.8, 4) is 17.2 Å². The lowest BCUT2D eigenvalue weighted by Crippen LogP contribution is -2.36. The summed E-state index contributed by atoms with van der Waals surface area (Å²) in [5.74, 6) is -2.55. The first-order valence-electron chi connectivity index (χ1n) is 10.4. The largest absolute Gasteiger partial charge is 0.495 e. The van der Waals surface area contributed by atoms with Gasteiger partial charge in [-0.1, -0.05) is 0 Å². The van der Waals surface area contributed by atoms with Gasteiger partial charge in [-0.2, -0.15) is 13.2 Å². The summed E-state index contributed by atoms with van der Waals surface area (Å²) >= 11 is 2.46. The predicted molar refractivity (Wildman–Crippen MR) is 138 cm³/mol. The van der Waals surface area contributed by atoms with Crippen LogP contribution >= 0.6 is 34.4 Å². The molecule has 0 aliphatic carbocycles. The molecule has 1 saturated heterocycles. The Morgan fingerprint density at radius 2 is 1.82 bits per heavy atom. The van der Waals surface area contributed by atoms with Gasteiger partial charge in [-0.25, -0.2) is 4.79 Å². The van der Waals surface area contributed by atoms with Gasteiger partial charge in [0.25, 0.3) is 11.1 Å². The number of anilines is 1. The van der Waals surface area contributed by atoms with Crippen LogP contribution in [-0.4, -0.2) is 60.4 Å². The molecule has 0 atom stereocenters. The lowest BCUT2D eigenvalue weighted by atomic mass is 10.1. The molecule has 15 heteroatoms. The average molecular weight is 666 g/mol. The first-order valence-corrected chi connectivity index (χ1v) is 12.3. The molecule has 3 rings (SSSR count). The summed E-state index contributed by atoms with van der Waals surface area (Å²) in [6, 6.07) is 5.55. The molecular formula is C23H18F3IN2O8S. The van der Waals surface area contributed by atoms with Crippen LogP contribution in [0.5, 0.6) is 17.2 Å². The van der Waals surface area contributed by atoms with Crippen molar-refractivity contribution in [2.75, 3.05) is 32.7 Å². The van der Waals surface area contributed by atoms with Crippen molar-refractivity contribution in [2.24, 2.45) is 0 Å². The van der Waals surface area contributed by atoms with E-state index in [1.54, 1.807) is 6.07 Å². The number of imide groups is 1. The summed E-state index contributed by atoms with van der Waals surface area (Å²) in [6.45, 7) is -1.34. The average Bonchev–Trinajstić information content (AvgIpc) is 3.09. The molecule has 0 bridgehead atoms. The Labute approximate surface area is 231 Å². The number of carboxylic acids is 1. The normalized spacial score (nSPS) is 14.6. The quantitative estimate of drug-likeness (QED) is 0.294. The number of ether oxygens (including phenoxy) is 3. The second-order valence-corrected chi connectivity index (χ2v) is 9.60. The number of aliphatic carboxylic acids is 1. The van der Waals surface area contributed by atoms with Crippen molar-refractivity contribution in [1.29, 1.82) is 0 Å². The molecule has 1 fully saturated rings. The number of thioether (sulfide) groups is 1. The van der Waals surface area contributed by atoms with E-state index in [1.165, 1.54) is 26.4 Å². The van der Waals surface area contributed by atoms with E-state index in [0.29, 0.717) is 31.9 Å². The molecule has 38 heavy (non-hydrogen) atoms. The Morgan fingerprint density at radius 3 is 2.42 bits per heavy atom. The fourth-order valence-corrected chi connectivity index (χ4v) is 4.82. The third kappa shape index (κ3) is 6.89. The molecular weight excluding hydrogens is 648 g/mol. The Bertz CT molecular complexity index is 1330. The number of nitrogens with one attached hydrogen (secondary N) is 1. The monoisotopic (exact) mass is 666 g/mol. The Balaban J connectivity index is 1.78. The van der Waals surface area contributed by atoms with Crippen molar-refractivity contribution >= 4 is 69.1 Å². The second-order valence-electron chi connectivity index (χ2n) is 7.45. The van der Waals surface area contributed by atoms with Gasteiger partial charge in [0.1, 0.15) is 12.3 Å². The number of carboxylic acid groups (broad SMARTS) is 1. The minimum Gasteiger partial charge on any atom is -0.495 e. The van der Waals surface area contributed by atoms with Crippen LogP contribution in [0.1, 0.15) is 11.1 Å². The first kappa shape index (κ1) is 29.1. The van der Waals surface area contributed by atoms with Gasteiger partial charge in [-0.15, -0.1) is 0 Å². The van der Waals surface area contributed by atoms with Gasteiger partial charge in [0, 0.05) is 0 Å². The number of amides is 3. The molecule has 2 N–H and O–H groups in total. The van der Waals surface area contributed by atoms with Gasteiger partial charge >= 0.3 is 12.1 Å². The minimum absolute atomic E-state index is 0.0171. The number of carbonyl (C=O) groups is 4. The number of benzene rings is 2. The number of hydrogen-bond donors (Lipinski definition) is 2. The van der Waals surface area contributed by atoms with E-state index in [-0.39, 0.29) is 27.8 Å². The van der Waals surface area contributed by atoms with Crippen molar-refractivity contribution in [3.05, 3.63) is 49.9 Å². The molecule has 0 radical (unpaired) electrons. The summed E-state index contributed by atoms with van der Waals surface area (Å²) in [7, 11) is 2.55. The maximum atomic E-state index is 13.1. The van der Waals surface area contributed by atoms with E-state index in [9.17, 15) is 32.3 Å². The number of alkyl halides is 3. The Kier molecular flexibility index (Phi) is 9.14. The number of rotatable bonds is 9. The molecule has 3 amide bonds. The minimum atomic E-state index is -4.66. The van der Waals surface area contributed by atoms with Gasteiger partial charge in [-0.05, 0) is 76.3 Å². The number of halogens is 4. The molecule has 10 nitrogen and oxygen atoms in total. The van der Waals surface area contributed by atoms with E-state index >= 15 is 0 Å². The molecule has 0 aromatic heterocycles. The molecule has 202 valence electrons. The van der Waals surface area contributed by atoms with E-state index < -0.39 is 47.9 Å². The van der Waals surface area contributed by atoms with Gasteiger partial charge in [0.2, 0.25) is 5.91 Å². The van der Waals surface area contributed by atoms with Crippen molar-refractivity contribution in [2.45, 2.75) is 6.18 Å². The van der Waals surface area contributed by atoms with E-state index in [4.69, 9.17) is 19.3 Å². The first-order chi connectivity index (χ1) is 17.8. The fourth-order valence-electron chi connectivity index (χ4n) is 3.20. The van der Waals surface area contributed by atoms with Crippen LogP contribution in [0.15, 0.2) is 35.2 Å². The zero-order valence-corrected chi connectivity index (χ0v) is 22.5. The summed E-state index contributed by atoms with van der Waals surface area (Å²) in [6.07, 6.45) is -3.28. The highest BCUT2D eigenvalue weighted by molar-refractivity contribution is 14.1. The highest BCUT2D eigenvalue weighted by Gasteiger charge is 2.37. The standard InChI is InChI=1S/C23H18F3IN2O8S/c1-35-15-4-3-12(23(24,25)26)8-14(15)28-18(30)9-29-21(33)17(38-22(29)34)7-11-5-13(27)20(16(6-11)36-2)37-10-19(31)32/h3-8H,9-10H2,1-2H3,(H,28,30)(H,31,32)/b17-7-. The van der Waals surface area contributed by atoms with Gasteiger partial charge in [-0.3, -0.25) is 19.3 Å². The number of methoxy groups -OCH3 is 2. The predicted octanol–water partition coefficient (Wildman–Crippen LogP) is 4.47. The van der Waals surface area contributed by atoms with E-state index in [0.717, 1.165) is 12.1 Å². The lowest BCUT2D eigenvalue weighted by Gasteiger charge is -2.16. The topological polar surface area (TPSA) is 131 Å². The molecule has 1 aliphatic heterocycles. The number of nitrogens with zero attached hydrogens (tertiary/aromatic N) is 1. The SMILES string of the molecule is COc1ccc(C(F)(F)F)cc1NC(=O)CN1C(=O)S/C(=C\c2cc(I)c(OCC(=O)O)c(OC)c2)C1=O. The second kappa shape index (κ2) is 11.9. The molecule has 0 unspecified atom stereocenters. The third-order valence-corrected chi connectivity index (χ3v) is 6.57. The molecule has 2 aromatic carbocycles. The van der Waals surface area contributed by atoms with Crippen molar-refractivity contribution < 1.29 is 51.7 Å². The number of carbonyl (C=O) groups excluding carboxylic acids is 3. The van der Waals surface area contributed by atoms with Crippen LogP contribution in [0.4, 0.5) is 23.7 Å². The van der Waals surface area contributed by atoms with Gasteiger partial charge in [0.05, 0.1) is 33.9 Å². The van der Waals surface area contributed by atoms with Crippen LogP contribution in [-0.2, 0) is 20.6 Å². The smallest absolute Gasteiger partial charge is 0.416 e. The van der Waals surface area contributed by atoms with Crippen LogP contribution in [0.3, 0.4) is 0 Å². The Hall–Kier alpha value is -3.47. The fraction of sp³-hybridized carbons (Fsp3) is 0.217. The zero-order chi connectivity index (χ0) is 28.2. The van der Waals surface area contributed by atoms with Crippen LogP contribution in [0.25, 0.3) is 6.08 Å². The highest BCUT2D eigenvalue weighted by Crippen LogP contribution is 2.38. The van der Waals surface area contributed by atoms with Crippen molar-refractivity contribution in [1.82, 2.24) is 4.90 Å². The maximum absolute atomic E-state index is 13.1. The lowest BCUT2D eigenvalue weighted by molar-refractivity contribution is -0.139. The molecule has 1 aliphatic rings. The van der Waals surface area contributed by atoms with E-state index in [1.807, 2.05) is 22.6 Å². The van der Waals surface area contributed by atoms with Crippen LogP contribution in [0, 0.1) is 3.57 Å².